The number of allylic oxidation sites excluding steroid dienone is 6. The van der Waals surface area contributed by atoms with Crippen LogP contribution in [0.25, 0.3) is 11.0 Å². The van der Waals surface area contributed by atoms with Crippen LogP contribution in [-0.2, 0) is 21.4 Å². The van der Waals surface area contributed by atoms with E-state index in [9.17, 15) is 14.0 Å². The molecule has 1 N–H and O–H groups in total. The molecule has 1 fully saturated rings. The molecule has 7 heteroatoms. The molecule has 0 amide bonds. The van der Waals surface area contributed by atoms with E-state index in [0.29, 0.717) is 25.2 Å². The molecule has 4 rings (SSSR count). The monoisotopic (exact) mass is 1320 g/mol. The summed E-state index contributed by atoms with van der Waals surface area (Å²) in [5, 5.41) is 3.47. The quantitative estimate of drug-likeness (QED) is 0.0292. The zero-order valence-electron chi connectivity index (χ0n) is 68.3. The normalized spacial score (nSPS) is 13.0. The number of carbonyl (C=O) groups excluding carboxylic acids is 2. The van der Waals surface area contributed by atoms with Crippen LogP contribution in [0.1, 0.15) is 363 Å². The van der Waals surface area contributed by atoms with Crippen LogP contribution in [0.15, 0.2) is 95.5 Å². The molecule has 0 aliphatic heterocycles. The van der Waals surface area contributed by atoms with E-state index in [1.54, 1.807) is 7.11 Å². The Balaban J connectivity index is -0.000000208. The third kappa shape index (κ3) is 55.6. The molecule has 1 aromatic heterocycles. The zero-order chi connectivity index (χ0) is 73.8. The number of aldehydes is 1. The maximum absolute atomic E-state index is 12.4. The van der Waals surface area contributed by atoms with Crippen molar-refractivity contribution in [3.8, 4) is 0 Å². The fourth-order valence-corrected chi connectivity index (χ4v) is 10.00. The van der Waals surface area contributed by atoms with E-state index >= 15 is 0 Å². The summed E-state index contributed by atoms with van der Waals surface area (Å²) in [4.78, 5) is 25.8. The third-order valence-corrected chi connectivity index (χ3v) is 16.7. The van der Waals surface area contributed by atoms with Crippen molar-refractivity contribution in [2.24, 2.45) is 36.6 Å². The molecule has 1 aliphatic carbocycles. The Labute approximate surface area is 588 Å². The number of anilines is 1. The fraction of sp³-hybridized carbons (Fsp3) is 0.713. The van der Waals surface area contributed by atoms with Gasteiger partial charge in [0.15, 0.2) is 0 Å². The van der Waals surface area contributed by atoms with Gasteiger partial charge in [-0.15, -0.1) is 0 Å². The van der Waals surface area contributed by atoms with Gasteiger partial charge in [-0.2, -0.15) is 0 Å². The summed E-state index contributed by atoms with van der Waals surface area (Å²) in [6, 6.07) is 11.3. The number of halogens is 1. The Kier molecular flexibility index (Phi) is 81.4. The number of nitrogens with one attached hydrogen (secondary N) is 1. The minimum absolute atomic E-state index is 0.146. The van der Waals surface area contributed by atoms with E-state index in [1.165, 1.54) is 152 Å². The number of rotatable bonds is 32. The highest BCUT2D eigenvalue weighted by Crippen LogP contribution is 2.29. The van der Waals surface area contributed by atoms with Crippen LogP contribution in [0.4, 0.5) is 10.3 Å². The molecule has 1 aliphatic rings. The molecular formula is C87H162FN3O3. The first-order chi connectivity index (χ1) is 45.0. The summed E-state index contributed by atoms with van der Waals surface area (Å²) in [6.45, 7) is 66.4. The van der Waals surface area contributed by atoms with Gasteiger partial charge in [-0.25, -0.2) is 9.37 Å². The number of ketones is 1. The average Bonchev–Trinajstić information content (AvgIpc) is 1.66. The molecule has 1 heterocycles. The lowest BCUT2D eigenvalue weighted by Gasteiger charge is -2.22. The fourth-order valence-electron chi connectivity index (χ4n) is 10.00. The van der Waals surface area contributed by atoms with Gasteiger partial charge in [0.2, 0.25) is 5.95 Å². The summed E-state index contributed by atoms with van der Waals surface area (Å²) < 4.78 is 20.2. The van der Waals surface area contributed by atoms with Gasteiger partial charge in [0.05, 0.1) is 23.9 Å². The van der Waals surface area contributed by atoms with Gasteiger partial charge in [-0.05, 0) is 147 Å². The highest BCUT2D eigenvalue weighted by molar-refractivity contribution is 5.81. The van der Waals surface area contributed by atoms with Gasteiger partial charge in [0, 0.05) is 37.9 Å². The number of methoxy groups -OCH3 is 1. The Morgan fingerprint density at radius 3 is 1.54 bits per heavy atom. The van der Waals surface area contributed by atoms with Crippen molar-refractivity contribution in [3.63, 3.8) is 0 Å². The van der Waals surface area contributed by atoms with Gasteiger partial charge in [0.1, 0.15) is 17.9 Å². The molecular weight excluding hydrogens is 1150 g/mol. The first-order valence-electron chi connectivity index (χ1n) is 38.9. The molecule has 1 saturated carbocycles. The van der Waals surface area contributed by atoms with Gasteiger partial charge in [0.25, 0.3) is 0 Å². The molecule has 2 aromatic carbocycles. The molecule has 0 radical (unpaired) electrons. The van der Waals surface area contributed by atoms with Crippen LogP contribution in [-0.4, -0.2) is 28.7 Å². The van der Waals surface area contributed by atoms with Crippen molar-refractivity contribution in [1.29, 1.82) is 0 Å². The van der Waals surface area contributed by atoms with Crippen LogP contribution < -0.4 is 5.32 Å². The summed E-state index contributed by atoms with van der Waals surface area (Å²) in [5.74, 6) is 5.54. The minimum atomic E-state index is -0.146. The predicted molar refractivity (Wildman–Crippen MR) is 427 cm³/mol. The molecule has 0 bridgehead atoms. The van der Waals surface area contributed by atoms with E-state index in [-0.39, 0.29) is 17.5 Å². The SMILES string of the molecule is C1CCCC1.C=C(/C=C(\C=C(\C)C(C)CC)C(=C)Nc1nc2ccc(C)cc2n1C)/C(CC)=C(/CCC)OC.CC.CC.CC.CCC.CCC(C)C(=O)CCCC=O.CCCC.CCCCC(CC)CCC.CCCCC(CCC)C(C)CC.Cc1cc(C)cc(F)c1. The van der Waals surface area contributed by atoms with E-state index < -0.39 is 0 Å². The van der Waals surface area contributed by atoms with Crippen LogP contribution in [0.2, 0.25) is 0 Å². The van der Waals surface area contributed by atoms with Crippen LogP contribution in [0, 0.1) is 56.2 Å². The second-order valence-corrected chi connectivity index (χ2v) is 25.0. The van der Waals surface area contributed by atoms with Crippen molar-refractivity contribution < 1.29 is 18.7 Å². The summed E-state index contributed by atoms with van der Waals surface area (Å²) in [5.41, 5.74) is 10.5. The van der Waals surface area contributed by atoms with Gasteiger partial charge in [-0.3, -0.25) is 4.79 Å². The number of unbranched alkanes of at least 4 members (excludes halogenated alkanes) is 4. The number of hydrogen-bond acceptors (Lipinski definition) is 5. The van der Waals surface area contributed by atoms with E-state index in [0.717, 1.165) is 112 Å². The summed E-state index contributed by atoms with van der Waals surface area (Å²) in [7, 11) is 3.78. The molecule has 3 aromatic rings. The molecule has 550 valence electrons. The van der Waals surface area contributed by atoms with Crippen molar-refractivity contribution in [1.82, 2.24) is 9.55 Å². The van der Waals surface area contributed by atoms with Crippen molar-refractivity contribution >= 4 is 29.1 Å². The first-order valence-corrected chi connectivity index (χ1v) is 38.9. The maximum atomic E-state index is 12.4. The van der Waals surface area contributed by atoms with Gasteiger partial charge < -0.3 is 19.4 Å². The number of aryl methyl sites for hydroxylation is 4. The molecule has 94 heavy (non-hydrogen) atoms. The Bertz CT molecular complexity index is 2230. The van der Waals surface area contributed by atoms with Crippen LogP contribution in [0.5, 0.6) is 0 Å². The minimum Gasteiger partial charge on any atom is -0.501 e. The second-order valence-electron chi connectivity index (χ2n) is 25.0. The number of Topliss-reactive ketones (excluding diaryl/α,β-unsaturated/α-hetero) is 1. The zero-order valence-corrected chi connectivity index (χ0v) is 68.3. The Hall–Kier alpha value is -4.52. The number of imidazole rings is 1. The van der Waals surface area contributed by atoms with Crippen LogP contribution >= 0.6 is 0 Å². The van der Waals surface area contributed by atoms with Crippen molar-refractivity contribution in [2.75, 3.05) is 12.4 Å². The van der Waals surface area contributed by atoms with Gasteiger partial charge in [-0.1, -0.05) is 325 Å². The Morgan fingerprint density at radius 1 is 0.628 bits per heavy atom. The van der Waals surface area contributed by atoms with E-state index in [4.69, 9.17) is 9.72 Å². The third-order valence-electron chi connectivity index (χ3n) is 16.7. The van der Waals surface area contributed by atoms with Crippen molar-refractivity contribution in [2.45, 2.75) is 367 Å². The molecule has 5 atom stereocenters. The lowest BCUT2D eigenvalue weighted by molar-refractivity contribution is -0.122. The number of benzene rings is 2. The maximum Gasteiger partial charge on any atom is 0.208 e. The number of fused-ring (bicyclic) bond motifs is 1. The van der Waals surface area contributed by atoms with E-state index in [2.05, 4.69) is 171 Å². The highest BCUT2D eigenvalue weighted by Gasteiger charge is 2.16. The second kappa shape index (κ2) is 74.3. The predicted octanol–water partition coefficient (Wildman–Crippen LogP) is 29.7. The number of aromatic nitrogens is 2. The smallest absolute Gasteiger partial charge is 0.208 e. The molecule has 0 saturated heterocycles. The standard InChI is InChI=1S/C30H43N3O.C12H26.C10H22.C9H16O2.C8H9F.C5H10.C4H10.C3H8.3C2H6/c1-11-14-29(34-10)26(13-3)23(7)19-25(18-22(6)21(5)12-2)24(8)31-30-32-27-16-15-20(4)17-28(27)33(30)9;1-5-8-10-12(9-6-2)11(4)7-3;1-4-7-9-10(6-3)8-5-2;1-3-8(2)9(11)6-4-5-7-10;1-6-3-7(2)5-8(9)4-6;1-2-4-5-3-1;1-3-4-2;1-3-2;3*1-2/h15-19,21H,7-8,11-14H2,1-6,9-10H3,(H,31,32);11-12H,5-10H2,1-4H3;10H,4-9H2,1-3H3;7-8H,3-6H2,1-2H3;3-5H,1-2H3;1-5H2;3-4H2,1-2H3;3H2,1-2H3;3*1-2H3/b22-18-,25-19+,29-26-;;;;;;;;;;. The highest BCUT2D eigenvalue weighted by atomic mass is 19.1. The molecule has 5 unspecified atom stereocenters. The summed E-state index contributed by atoms with van der Waals surface area (Å²) in [6.07, 6.45) is 40.0. The topological polar surface area (TPSA) is 73.2 Å². The average molecular weight is 1320 g/mol. The Morgan fingerprint density at radius 2 is 1.14 bits per heavy atom. The van der Waals surface area contributed by atoms with Crippen LogP contribution in [0.3, 0.4) is 0 Å². The molecule has 0 spiro atoms. The van der Waals surface area contributed by atoms with Gasteiger partial charge >= 0.3 is 0 Å². The molecule has 6 nitrogen and oxygen atoms in total. The first kappa shape index (κ1) is 103. The van der Waals surface area contributed by atoms with Crippen molar-refractivity contribution in [3.05, 3.63) is 118 Å². The largest absolute Gasteiger partial charge is 0.501 e. The summed E-state index contributed by atoms with van der Waals surface area (Å²) >= 11 is 0. The number of ether oxygens (including phenoxy) is 1. The number of carbonyl (C=O) groups is 2. The van der Waals surface area contributed by atoms with E-state index in [1.807, 2.05) is 82.4 Å². The lowest BCUT2D eigenvalue weighted by atomic mass is 9.84. The lowest BCUT2D eigenvalue weighted by Crippen LogP contribution is -2.10. The number of hydrogen-bond donors (Lipinski definition) is 1. The number of nitrogens with zero attached hydrogens (tertiary/aromatic N) is 2.